The molecule has 4 rings (SSSR count). The van der Waals surface area contributed by atoms with Gasteiger partial charge in [0, 0.05) is 42.7 Å². The maximum Gasteiger partial charge on any atom is 0.330 e. The Labute approximate surface area is 173 Å². The second kappa shape index (κ2) is 8.36. The van der Waals surface area contributed by atoms with Crippen molar-refractivity contribution in [2.24, 2.45) is 5.92 Å². The molecule has 0 atom stereocenters. The third kappa shape index (κ3) is 4.03. The average molecular weight is 405 g/mol. The minimum absolute atomic E-state index is 0.0579. The predicted octanol–water partition coefficient (Wildman–Crippen LogP) is 2.36. The van der Waals surface area contributed by atoms with Gasteiger partial charge in [0.2, 0.25) is 5.91 Å². The van der Waals surface area contributed by atoms with E-state index in [0.29, 0.717) is 43.0 Å². The Hall–Kier alpha value is -3.68. The Morgan fingerprint density at radius 1 is 1.10 bits per heavy atom. The Kier molecular flexibility index (Phi) is 5.47. The highest BCUT2D eigenvalue weighted by Crippen LogP contribution is 2.21. The lowest BCUT2D eigenvalue weighted by atomic mass is 9.95. The predicted molar refractivity (Wildman–Crippen MR) is 113 cm³/mol. The van der Waals surface area contributed by atoms with Crippen molar-refractivity contribution in [3.8, 4) is 5.69 Å². The molecule has 0 bridgehead atoms. The fourth-order valence-corrected chi connectivity index (χ4v) is 3.72. The summed E-state index contributed by atoms with van der Waals surface area (Å²) in [6.07, 6.45) is 4.51. The number of rotatable bonds is 4. The summed E-state index contributed by atoms with van der Waals surface area (Å²) in [6, 6.07) is 12.4. The second-order valence-electron chi connectivity index (χ2n) is 7.39. The van der Waals surface area contributed by atoms with E-state index < -0.39 is 0 Å². The van der Waals surface area contributed by atoms with Crippen molar-refractivity contribution in [3.05, 3.63) is 76.6 Å². The number of aryl methyl sites for hydroxylation is 1. The zero-order valence-corrected chi connectivity index (χ0v) is 16.7. The molecule has 154 valence electrons. The molecule has 2 amide bonds. The lowest BCUT2D eigenvalue weighted by Crippen LogP contribution is -2.41. The van der Waals surface area contributed by atoms with E-state index in [2.05, 4.69) is 15.3 Å². The summed E-state index contributed by atoms with van der Waals surface area (Å²) in [7, 11) is 0. The number of benzene rings is 1. The van der Waals surface area contributed by atoms with Crippen LogP contribution < -0.4 is 11.0 Å². The number of piperidine rings is 1. The number of pyridine rings is 1. The van der Waals surface area contributed by atoms with Crippen LogP contribution in [-0.2, 0) is 4.79 Å². The average Bonchev–Trinajstić information content (AvgIpc) is 3.12. The summed E-state index contributed by atoms with van der Waals surface area (Å²) in [5.74, 6) is 0.278. The number of amides is 2. The third-order valence-electron chi connectivity index (χ3n) is 5.40. The van der Waals surface area contributed by atoms with Crippen molar-refractivity contribution >= 4 is 17.6 Å². The van der Waals surface area contributed by atoms with Crippen LogP contribution in [-0.4, -0.2) is 44.3 Å². The minimum Gasteiger partial charge on any atom is -0.339 e. The van der Waals surface area contributed by atoms with Crippen molar-refractivity contribution in [2.45, 2.75) is 19.8 Å². The first kappa shape index (κ1) is 19.6. The number of anilines is 1. The number of hydrogen-bond donors (Lipinski definition) is 2. The van der Waals surface area contributed by atoms with Crippen LogP contribution in [0.5, 0.6) is 0 Å². The van der Waals surface area contributed by atoms with Gasteiger partial charge in [0.25, 0.3) is 5.91 Å². The van der Waals surface area contributed by atoms with Gasteiger partial charge in [-0.2, -0.15) is 0 Å². The first-order valence-corrected chi connectivity index (χ1v) is 9.91. The standard InChI is InChI=1S/C22H23N5O3/c1-15-14-24-22(30)27(15)18-7-5-17(6-8-18)21(29)26-12-9-16(10-13-26)20(28)25-19-4-2-3-11-23-19/h2-8,11,14,16H,9-10,12-13H2,1H3,(H,24,30)(H,23,25,28). The fraction of sp³-hybridized carbons (Fsp3) is 0.273. The number of imidazole rings is 1. The van der Waals surface area contributed by atoms with E-state index in [-0.39, 0.29) is 23.4 Å². The van der Waals surface area contributed by atoms with Crippen LogP contribution in [0.2, 0.25) is 0 Å². The third-order valence-corrected chi connectivity index (χ3v) is 5.40. The van der Waals surface area contributed by atoms with Crippen LogP contribution in [0, 0.1) is 12.8 Å². The highest BCUT2D eigenvalue weighted by Gasteiger charge is 2.28. The molecule has 1 saturated heterocycles. The molecule has 8 nitrogen and oxygen atoms in total. The molecule has 3 heterocycles. The van der Waals surface area contributed by atoms with E-state index in [9.17, 15) is 14.4 Å². The molecule has 3 aromatic rings. The first-order chi connectivity index (χ1) is 14.5. The van der Waals surface area contributed by atoms with Crippen LogP contribution >= 0.6 is 0 Å². The molecule has 0 unspecified atom stereocenters. The number of likely N-dealkylation sites (tertiary alicyclic amines) is 1. The lowest BCUT2D eigenvalue weighted by Gasteiger charge is -2.31. The minimum atomic E-state index is -0.211. The fourth-order valence-electron chi connectivity index (χ4n) is 3.72. The number of carbonyl (C=O) groups is 2. The van der Waals surface area contributed by atoms with Crippen LogP contribution in [0.25, 0.3) is 5.69 Å². The quantitative estimate of drug-likeness (QED) is 0.696. The van der Waals surface area contributed by atoms with Gasteiger partial charge in [-0.15, -0.1) is 0 Å². The monoisotopic (exact) mass is 405 g/mol. The van der Waals surface area contributed by atoms with E-state index >= 15 is 0 Å². The Balaban J connectivity index is 1.36. The molecular formula is C22H23N5O3. The number of nitrogens with zero attached hydrogens (tertiary/aromatic N) is 3. The summed E-state index contributed by atoms with van der Waals surface area (Å²) in [6.45, 7) is 2.89. The van der Waals surface area contributed by atoms with Gasteiger partial charge in [0.05, 0.1) is 5.69 Å². The molecule has 0 aliphatic carbocycles. The zero-order valence-electron chi connectivity index (χ0n) is 16.7. The smallest absolute Gasteiger partial charge is 0.330 e. The number of carbonyl (C=O) groups excluding carboxylic acids is 2. The van der Waals surface area contributed by atoms with Crippen molar-refractivity contribution in [2.75, 3.05) is 18.4 Å². The molecule has 0 radical (unpaired) electrons. The van der Waals surface area contributed by atoms with Gasteiger partial charge in [-0.25, -0.2) is 9.78 Å². The zero-order chi connectivity index (χ0) is 21.1. The number of aromatic amines is 1. The summed E-state index contributed by atoms with van der Waals surface area (Å²) < 4.78 is 1.56. The Morgan fingerprint density at radius 3 is 2.43 bits per heavy atom. The van der Waals surface area contributed by atoms with Crippen LogP contribution in [0.1, 0.15) is 28.9 Å². The highest BCUT2D eigenvalue weighted by atomic mass is 16.2. The van der Waals surface area contributed by atoms with Gasteiger partial charge >= 0.3 is 5.69 Å². The molecular weight excluding hydrogens is 382 g/mol. The SMILES string of the molecule is Cc1c[nH]c(=O)n1-c1ccc(C(=O)N2CCC(C(=O)Nc3ccccn3)CC2)cc1. The molecule has 0 spiro atoms. The molecule has 1 aliphatic rings. The van der Waals surface area contributed by atoms with E-state index in [0.717, 1.165) is 5.69 Å². The van der Waals surface area contributed by atoms with E-state index in [4.69, 9.17) is 0 Å². The van der Waals surface area contributed by atoms with E-state index in [1.54, 1.807) is 58.3 Å². The van der Waals surface area contributed by atoms with Gasteiger partial charge in [0.15, 0.2) is 0 Å². The van der Waals surface area contributed by atoms with Crippen LogP contribution in [0.4, 0.5) is 5.82 Å². The second-order valence-corrected chi connectivity index (χ2v) is 7.39. The number of nitrogens with one attached hydrogen (secondary N) is 2. The molecule has 1 aliphatic heterocycles. The van der Waals surface area contributed by atoms with Gasteiger partial charge in [-0.1, -0.05) is 6.07 Å². The largest absolute Gasteiger partial charge is 0.339 e. The van der Waals surface area contributed by atoms with Crippen molar-refractivity contribution in [1.29, 1.82) is 0 Å². The van der Waals surface area contributed by atoms with Crippen molar-refractivity contribution in [1.82, 2.24) is 19.4 Å². The van der Waals surface area contributed by atoms with Crippen LogP contribution in [0.15, 0.2) is 59.7 Å². The summed E-state index contributed by atoms with van der Waals surface area (Å²) >= 11 is 0. The molecule has 2 N–H and O–H groups in total. The maximum absolute atomic E-state index is 12.8. The Morgan fingerprint density at radius 2 is 1.83 bits per heavy atom. The van der Waals surface area contributed by atoms with Crippen molar-refractivity contribution < 1.29 is 9.59 Å². The topological polar surface area (TPSA) is 100 Å². The van der Waals surface area contributed by atoms with Gasteiger partial charge < -0.3 is 15.2 Å². The lowest BCUT2D eigenvalue weighted by molar-refractivity contribution is -0.121. The number of H-pyrrole nitrogens is 1. The van der Waals surface area contributed by atoms with Crippen LogP contribution in [0.3, 0.4) is 0 Å². The van der Waals surface area contributed by atoms with Gasteiger partial charge in [-0.3, -0.25) is 14.2 Å². The van der Waals surface area contributed by atoms with E-state index in [1.807, 2.05) is 13.0 Å². The molecule has 8 heteroatoms. The molecule has 2 aromatic heterocycles. The summed E-state index contributed by atoms with van der Waals surface area (Å²) in [5.41, 5.74) is 1.86. The molecule has 1 aromatic carbocycles. The summed E-state index contributed by atoms with van der Waals surface area (Å²) in [5, 5.41) is 2.83. The first-order valence-electron chi connectivity index (χ1n) is 9.91. The maximum atomic E-state index is 12.8. The highest BCUT2D eigenvalue weighted by molar-refractivity contribution is 5.95. The molecule has 1 fully saturated rings. The Bertz CT molecular complexity index is 1090. The van der Waals surface area contributed by atoms with Gasteiger partial charge in [0.1, 0.15) is 5.82 Å². The van der Waals surface area contributed by atoms with Crippen molar-refractivity contribution in [3.63, 3.8) is 0 Å². The van der Waals surface area contributed by atoms with Gasteiger partial charge in [-0.05, 0) is 56.2 Å². The van der Waals surface area contributed by atoms with E-state index in [1.165, 1.54) is 0 Å². The summed E-state index contributed by atoms with van der Waals surface area (Å²) in [4.78, 5) is 45.7. The normalized spacial score (nSPS) is 14.5. The molecule has 0 saturated carbocycles. The number of hydrogen-bond acceptors (Lipinski definition) is 4. The molecule has 30 heavy (non-hydrogen) atoms. The number of aromatic nitrogens is 3.